The Bertz CT molecular complexity index is 1770. The molecule has 2 aliphatic heterocycles. The maximum absolute atomic E-state index is 14.1. The molecule has 3 heterocycles. The van der Waals surface area contributed by atoms with E-state index in [4.69, 9.17) is 19.3 Å². The third kappa shape index (κ3) is 6.37. The summed E-state index contributed by atoms with van der Waals surface area (Å²) in [4.78, 5) is 44.9. The Morgan fingerprint density at radius 1 is 0.851 bits per heavy atom. The second-order valence-electron chi connectivity index (χ2n) is 11.2. The number of thioether (sulfide) groups is 1. The van der Waals surface area contributed by atoms with Crippen molar-refractivity contribution < 1.29 is 28.6 Å². The first-order valence-corrected chi connectivity index (χ1v) is 16.4. The number of methoxy groups -OCH3 is 3. The van der Waals surface area contributed by atoms with Crippen LogP contribution in [-0.4, -0.2) is 97.1 Å². The van der Waals surface area contributed by atoms with Gasteiger partial charge in [-0.05, 0) is 42.0 Å². The molecule has 0 N–H and O–H groups in total. The van der Waals surface area contributed by atoms with Crippen LogP contribution in [0.2, 0.25) is 0 Å². The molecule has 6 rings (SSSR count). The Morgan fingerprint density at radius 3 is 2.17 bits per heavy atom. The SMILES string of the molecule is COc1ccc(-n2nc(-c3ccccc3)c3c2N(CC(=O)N2CCN(C(C)=O)CC2)C(=O)CSC3c2ccc(OC)c(OC)c2)cc1. The van der Waals surface area contributed by atoms with E-state index in [-0.39, 0.29) is 35.3 Å². The first-order chi connectivity index (χ1) is 22.8. The number of hydrogen-bond donors (Lipinski definition) is 0. The molecule has 1 unspecified atom stereocenters. The van der Waals surface area contributed by atoms with E-state index in [1.54, 1.807) is 40.7 Å². The van der Waals surface area contributed by atoms with Crippen LogP contribution in [0, 0.1) is 0 Å². The fraction of sp³-hybridized carbons (Fsp3) is 0.314. The van der Waals surface area contributed by atoms with Gasteiger partial charge in [-0.1, -0.05) is 36.4 Å². The van der Waals surface area contributed by atoms with Gasteiger partial charge in [0.15, 0.2) is 11.5 Å². The minimum Gasteiger partial charge on any atom is -0.497 e. The summed E-state index contributed by atoms with van der Waals surface area (Å²) >= 11 is 1.48. The summed E-state index contributed by atoms with van der Waals surface area (Å²) in [6.45, 7) is 3.10. The Kier molecular flexibility index (Phi) is 9.39. The summed E-state index contributed by atoms with van der Waals surface area (Å²) in [5.41, 5.74) is 4.00. The second kappa shape index (κ2) is 13.8. The molecule has 0 saturated carbocycles. The van der Waals surface area contributed by atoms with E-state index in [9.17, 15) is 14.4 Å². The summed E-state index contributed by atoms with van der Waals surface area (Å²) in [6.07, 6.45) is 0. The quantitative estimate of drug-likeness (QED) is 0.275. The summed E-state index contributed by atoms with van der Waals surface area (Å²) in [7, 11) is 4.79. The number of piperazine rings is 1. The van der Waals surface area contributed by atoms with E-state index >= 15 is 0 Å². The maximum atomic E-state index is 14.1. The van der Waals surface area contributed by atoms with Crippen LogP contribution in [0.25, 0.3) is 16.9 Å². The molecule has 1 fully saturated rings. The molecule has 11 nitrogen and oxygen atoms in total. The van der Waals surface area contributed by atoms with Crippen LogP contribution in [0.1, 0.15) is 23.3 Å². The van der Waals surface area contributed by atoms with Gasteiger partial charge >= 0.3 is 0 Å². The number of anilines is 1. The number of benzene rings is 3. The Hall–Kier alpha value is -4.97. The molecule has 0 bridgehead atoms. The highest BCUT2D eigenvalue weighted by Gasteiger charge is 2.39. The van der Waals surface area contributed by atoms with Gasteiger partial charge in [-0.2, -0.15) is 5.10 Å². The highest BCUT2D eigenvalue weighted by molar-refractivity contribution is 8.00. The van der Waals surface area contributed by atoms with Crippen molar-refractivity contribution in [1.82, 2.24) is 19.6 Å². The monoisotopic (exact) mass is 655 g/mol. The number of ether oxygens (including phenoxy) is 3. The van der Waals surface area contributed by atoms with Crippen LogP contribution in [0.4, 0.5) is 5.82 Å². The Balaban J connectivity index is 1.53. The third-order valence-corrected chi connectivity index (χ3v) is 9.79. The number of aromatic nitrogens is 2. The van der Waals surface area contributed by atoms with Crippen molar-refractivity contribution in [2.24, 2.45) is 0 Å². The number of rotatable bonds is 8. The molecule has 3 amide bonds. The Morgan fingerprint density at radius 2 is 1.53 bits per heavy atom. The minimum atomic E-state index is -0.338. The lowest BCUT2D eigenvalue weighted by atomic mass is 9.99. The van der Waals surface area contributed by atoms with E-state index in [0.29, 0.717) is 60.6 Å². The summed E-state index contributed by atoms with van der Waals surface area (Å²) < 4.78 is 18.4. The molecule has 3 aromatic carbocycles. The van der Waals surface area contributed by atoms with Crippen LogP contribution in [-0.2, 0) is 14.4 Å². The second-order valence-corrected chi connectivity index (χ2v) is 12.3. The molecule has 1 atom stereocenters. The Labute approximate surface area is 278 Å². The zero-order valence-corrected chi connectivity index (χ0v) is 27.7. The molecule has 0 radical (unpaired) electrons. The number of carbonyl (C=O) groups is 3. The number of amides is 3. The minimum absolute atomic E-state index is 0.0144. The van der Waals surface area contributed by atoms with Gasteiger partial charge in [0.1, 0.15) is 18.1 Å². The largest absolute Gasteiger partial charge is 0.497 e. The van der Waals surface area contributed by atoms with E-state index < -0.39 is 0 Å². The highest BCUT2D eigenvalue weighted by Crippen LogP contribution is 2.49. The average molecular weight is 656 g/mol. The van der Waals surface area contributed by atoms with Crippen molar-refractivity contribution in [1.29, 1.82) is 0 Å². The summed E-state index contributed by atoms with van der Waals surface area (Å²) in [5, 5.41) is 4.82. The molecule has 1 saturated heterocycles. The van der Waals surface area contributed by atoms with Crippen LogP contribution in [0.15, 0.2) is 72.8 Å². The number of carbonyl (C=O) groups excluding carboxylic acids is 3. The van der Waals surface area contributed by atoms with Crippen molar-refractivity contribution in [3.8, 4) is 34.2 Å². The van der Waals surface area contributed by atoms with Crippen molar-refractivity contribution >= 4 is 35.3 Å². The van der Waals surface area contributed by atoms with E-state index in [0.717, 1.165) is 16.7 Å². The molecule has 2 aliphatic rings. The molecule has 244 valence electrons. The first kappa shape index (κ1) is 32.0. The van der Waals surface area contributed by atoms with Gasteiger partial charge in [0.2, 0.25) is 17.7 Å². The predicted octanol–water partition coefficient (Wildman–Crippen LogP) is 4.43. The number of fused-ring (bicyclic) bond motifs is 1. The summed E-state index contributed by atoms with van der Waals surface area (Å²) in [5.74, 6) is 2.11. The molecule has 4 aromatic rings. The zero-order valence-electron chi connectivity index (χ0n) is 26.8. The fourth-order valence-electron chi connectivity index (χ4n) is 6.02. The maximum Gasteiger partial charge on any atom is 0.242 e. The van der Waals surface area contributed by atoms with Gasteiger partial charge in [-0.15, -0.1) is 11.8 Å². The number of nitrogens with zero attached hydrogens (tertiary/aromatic N) is 5. The van der Waals surface area contributed by atoms with Crippen LogP contribution < -0.4 is 19.1 Å². The lowest BCUT2D eigenvalue weighted by molar-refractivity contribution is -0.137. The van der Waals surface area contributed by atoms with E-state index in [1.807, 2.05) is 72.8 Å². The van der Waals surface area contributed by atoms with Gasteiger partial charge in [0.05, 0.1) is 43.7 Å². The van der Waals surface area contributed by atoms with Gasteiger partial charge in [-0.3, -0.25) is 19.3 Å². The van der Waals surface area contributed by atoms with Gasteiger partial charge in [-0.25, -0.2) is 4.68 Å². The van der Waals surface area contributed by atoms with Crippen LogP contribution >= 0.6 is 11.8 Å². The molecular weight excluding hydrogens is 618 g/mol. The average Bonchev–Trinajstić information content (AvgIpc) is 3.44. The molecule has 0 aliphatic carbocycles. The topological polar surface area (TPSA) is 106 Å². The predicted molar refractivity (Wildman–Crippen MR) is 181 cm³/mol. The van der Waals surface area contributed by atoms with E-state index in [1.165, 1.54) is 18.7 Å². The van der Waals surface area contributed by atoms with Gasteiger partial charge < -0.3 is 24.0 Å². The van der Waals surface area contributed by atoms with Gasteiger partial charge in [0, 0.05) is 44.2 Å². The van der Waals surface area contributed by atoms with E-state index in [2.05, 4.69) is 0 Å². The van der Waals surface area contributed by atoms with Gasteiger partial charge in [0.25, 0.3) is 0 Å². The molecule has 47 heavy (non-hydrogen) atoms. The van der Waals surface area contributed by atoms with Crippen molar-refractivity contribution in [3.05, 3.63) is 83.9 Å². The van der Waals surface area contributed by atoms with Crippen LogP contribution in [0.3, 0.4) is 0 Å². The van der Waals surface area contributed by atoms with Crippen molar-refractivity contribution in [3.63, 3.8) is 0 Å². The zero-order chi connectivity index (χ0) is 33.1. The highest BCUT2D eigenvalue weighted by atomic mass is 32.2. The standard InChI is InChI=1S/C35H37N5O6S/c1-23(41)37-16-18-38(19-17-37)30(42)21-39-31(43)22-47-34(25-10-15-28(45-3)29(20-25)46-4)32-33(24-8-6-5-7-9-24)36-40(35(32)39)26-11-13-27(44-2)14-12-26/h5-15,20,34H,16-19,21-22H2,1-4H3. The lowest BCUT2D eigenvalue weighted by Gasteiger charge is -2.35. The molecule has 1 aromatic heterocycles. The van der Waals surface area contributed by atoms with Crippen molar-refractivity contribution in [2.75, 3.05) is 64.7 Å². The van der Waals surface area contributed by atoms with Crippen molar-refractivity contribution in [2.45, 2.75) is 12.2 Å². The van der Waals surface area contributed by atoms with Crippen LogP contribution in [0.5, 0.6) is 17.2 Å². The number of hydrogen-bond acceptors (Lipinski definition) is 8. The normalized spacial score (nSPS) is 16.4. The molecule has 12 heteroatoms. The lowest BCUT2D eigenvalue weighted by Crippen LogP contribution is -2.53. The third-order valence-electron chi connectivity index (χ3n) is 8.53. The first-order valence-electron chi connectivity index (χ1n) is 15.3. The smallest absolute Gasteiger partial charge is 0.242 e. The molecule has 0 spiro atoms. The molecular formula is C35H37N5O6S. The summed E-state index contributed by atoms with van der Waals surface area (Å²) in [6, 6.07) is 23.1. The fourth-order valence-corrected chi connectivity index (χ4v) is 7.20.